The average molecular weight is 1010 g/mol. The van der Waals surface area contributed by atoms with Crippen LogP contribution in [-0.4, -0.2) is 47.4 Å². The molecule has 0 heterocycles. The second-order valence-electron chi connectivity index (χ2n) is 21.4. The lowest BCUT2D eigenvalue weighted by Crippen LogP contribution is -2.45. The monoisotopic (exact) mass is 1010 g/mol. The summed E-state index contributed by atoms with van der Waals surface area (Å²) < 4.78 is 5.47. The van der Waals surface area contributed by atoms with Gasteiger partial charge in [0.25, 0.3) is 0 Å². The molecule has 0 saturated carbocycles. The molecule has 1 amide bonds. The molecule has 3 N–H and O–H groups in total. The molecule has 0 aliphatic rings. The first-order valence-corrected chi connectivity index (χ1v) is 31.6. The summed E-state index contributed by atoms with van der Waals surface area (Å²) in [5.74, 6) is -0.0801. The molecule has 0 rings (SSSR count). The fourth-order valence-corrected chi connectivity index (χ4v) is 9.40. The Morgan fingerprint density at radius 1 is 0.389 bits per heavy atom. The zero-order valence-corrected chi connectivity index (χ0v) is 47.9. The first kappa shape index (κ1) is 69.6. The van der Waals surface area contributed by atoms with Crippen LogP contribution in [0.3, 0.4) is 0 Å². The standard InChI is InChI=1S/C66H121NO5/c1-3-5-7-9-11-13-15-17-30-34-38-42-46-50-54-58-64(69)63(62-68)67-65(70)59-55-51-47-43-39-35-32-28-26-24-22-20-19-21-23-25-27-29-33-37-41-45-49-53-57-61-72-66(71)60-56-52-48-44-40-36-31-18-16-14-12-10-8-6-4-2/h12,14,18,20-23,31,54,58,63-64,68-69H,3-11,13,15-17,19,24-30,32-53,55-57,59-62H2,1-2H3,(H,67,70)/b14-12-,22-20-,23-21-,31-18-,58-54+. The quantitative estimate of drug-likeness (QED) is 0.0320. The molecule has 6 heteroatoms. The third-order valence-corrected chi connectivity index (χ3v) is 14.3. The van der Waals surface area contributed by atoms with Crippen LogP contribution in [0.4, 0.5) is 0 Å². The topological polar surface area (TPSA) is 95.9 Å². The predicted molar refractivity (Wildman–Crippen MR) is 315 cm³/mol. The fourth-order valence-electron chi connectivity index (χ4n) is 9.40. The number of esters is 1. The van der Waals surface area contributed by atoms with Gasteiger partial charge in [0.15, 0.2) is 0 Å². The Kier molecular flexibility index (Phi) is 59.0. The third-order valence-electron chi connectivity index (χ3n) is 14.3. The fraction of sp³-hybridized carbons (Fsp3) is 0.818. The van der Waals surface area contributed by atoms with Gasteiger partial charge in [-0.3, -0.25) is 9.59 Å². The molecule has 0 aliphatic heterocycles. The summed E-state index contributed by atoms with van der Waals surface area (Å²) in [5.41, 5.74) is 0. The average Bonchev–Trinajstić information content (AvgIpc) is 3.38. The molecule has 0 aliphatic carbocycles. The van der Waals surface area contributed by atoms with Crippen molar-refractivity contribution in [1.29, 1.82) is 0 Å². The number of carbonyl (C=O) groups excluding carboxylic acids is 2. The molecule has 6 nitrogen and oxygen atoms in total. The minimum atomic E-state index is -0.849. The number of aliphatic hydroxyl groups is 2. The van der Waals surface area contributed by atoms with E-state index in [9.17, 15) is 19.8 Å². The van der Waals surface area contributed by atoms with Crippen molar-refractivity contribution in [2.45, 2.75) is 334 Å². The number of hydrogen-bond acceptors (Lipinski definition) is 5. The van der Waals surface area contributed by atoms with Gasteiger partial charge in [-0.25, -0.2) is 0 Å². The SMILES string of the molecule is CCCCC/C=C\C/C=C\CCCCCCCC(=O)OCCCCCCCCCCC/C=C\C/C=C\CCCCCCCCCCCC(=O)NC(CO)C(O)/C=C/CCCCCCCCCCCCCCC. The van der Waals surface area contributed by atoms with Gasteiger partial charge in [-0.15, -0.1) is 0 Å². The summed E-state index contributed by atoms with van der Waals surface area (Å²) in [5, 5.41) is 23.1. The molecule has 2 unspecified atom stereocenters. The van der Waals surface area contributed by atoms with E-state index in [4.69, 9.17) is 4.74 Å². The zero-order chi connectivity index (χ0) is 52.2. The van der Waals surface area contributed by atoms with E-state index in [1.165, 1.54) is 238 Å². The second kappa shape index (κ2) is 61.1. The van der Waals surface area contributed by atoms with E-state index in [1.807, 2.05) is 6.08 Å². The van der Waals surface area contributed by atoms with Crippen LogP contribution < -0.4 is 5.32 Å². The van der Waals surface area contributed by atoms with Crippen LogP contribution in [0.5, 0.6) is 0 Å². The van der Waals surface area contributed by atoms with Gasteiger partial charge in [0.2, 0.25) is 5.91 Å². The molecular formula is C66H121NO5. The number of allylic oxidation sites excluding steroid dienone is 9. The van der Waals surface area contributed by atoms with Crippen LogP contribution in [0.25, 0.3) is 0 Å². The molecule has 0 aromatic carbocycles. The molecule has 0 fully saturated rings. The molecule has 72 heavy (non-hydrogen) atoms. The van der Waals surface area contributed by atoms with Gasteiger partial charge in [0.05, 0.1) is 25.4 Å². The molecule has 2 atom stereocenters. The van der Waals surface area contributed by atoms with E-state index in [0.29, 0.717) is 19.4 Å². The Morgan fingerprint density at radius 3 is 1.08 bits per heavy atom. The number of amides is 1. The largest absolute Gasteiger partial charge is 0.466 e. The van der Waals surface area contributed by atoms with Gasteiger partial charge in [0, 0.05) is 12.8 Å². The van der Waals surface area contributed by atoms with E-state index in [2.05, 4.69) is 67.8 Å². The minimum Gasteiger partial charge on any atom is -0.466 e. The minimum absolute atomic E-state index is 0.00603. The van der Waals surface area contributed by atoms with Crippen LogP contribution in [-0.2, 0) is 14.3 Å². The number of ether oxygens (including phenoxy) is 1. The lowest BCUT2D eigenvalue weighted by atomic mass is 10.0. The number of nitrogens with one attached hydrogen (secondary N) is 1. The Bertz CT molecular complexity index is 1250. The first-order valence-electron chi connectivity index (χ1n) is 31.6. The van der Waals surface area contributed by atoms with Crippen LogP contribution in [0.1, 0.15) is 322 Å². The van der Waals surface area contributed by atoms with E-state index in [0.717, 1.165) is 57.8 Å². The highest BCUT2D eigenvalue weighted by molar-refractivity contribution is 5.76. The zero-order valence-electron chi connectivity index (χ0n) is 47.9. The van der Waals surface area contributed by atoms with E-state index < -0.39 is 12.1 Å². The number of rotatable bonds is 58. The van der Waals surface area contributed by atoms with E-state index >= 15 is 0 Å². The van der Waals surface area contributed by atoms with Gasteiger partial charge in [-0.05, 0) is 96.3 Å². The Hall–Kier alpha value is -2.44. The summed E-state index contributed by atoms with van der Waals surface area (Å²) in [4.78, 5) is 24.5. The first-order chi connectivity index (χ1) is 35.5. The smallest absolute Gasteiger partial charge is 0.305 e. The van der Waals surface area contributed by atoms with Crippen molar-refractivity contribution in [3.05, 3.63) is 60.8 Å². The van der Waals surface area contributed by atoms with Crippen molar-refractivity contribution >= 4 is 11.9 Å². The van der Waals surface area contributed by atoms with E-state index in [1.54, 1.807) is 6.08 Å². The van der Waals surface area contributed by atoms with Crippen molar-refractivity contribution < 1.29 is 24.5 Å². The van der Waals surface area contributed by atoms with Crippen LogP contribution in [0, 0.1) is 0 Å². The maximum atomic E-state index is 12.5. The van der Waals surface area contributed by atoms with Crippen LogP contribution in [0.15, 0.2) is 60.8 Å². The van der Waals surface area contributed by atoms with Crippen LogP contribution >= 0.6 is 0 Å². The molecule has 0 saturated heterocycles. The molecule has 0 aromatic rings. The second-order valence-corrected chi connectivity index (χ2v) is 21.4. The number of aliphatic hydroxyl groups excluding tert-OH is 2. The third kappa shape index (κ3) is 56.8. The molecule has 0 aromatic heterocycles. The molecule has 420 valence electrons. The number of carbonyl (C=O) groups is 2. The Balaban J connectivity index is 3.47. The lowest BCUT2D eigenvalue weighted by molar-refractivity contribution is -0.143. The van der Waals surface area contributed by atoms with Crippen molar-refractivity contribution in [2.24, 2.45) is 0 Å². The molecule has 0 spiro atoms. The van der Waals surface area contributed by atoms with Crippen molar-refractivity contribution in [3.8, 4) is 0 Å². The normalized spacial score (nSPS) is 13.0. The maximum absolute atomic E-state index is 12.5. The summed E-state index contributed by atoms with van der Waals surface area (Å²) in [6.45, 7) is 4.87. The summed E-state index contributed by atoms with van der Waals surface area (Å²) in [7, 11) is 0. The van der Waals surface area contributed by atoms with Crippen LogP contribution in [0.2, 0.25) is 0 Å². The highest BCUT2D eigenvalue weighted by Gasteiger charge is 2.18. The van der Waals surface area contributed by atoms with Gasteiger partial charge < -0.3 is 20.3 Å². The van der Waals surface area contributed by atoms with Gasteiger partial charge >= 0.3 is 5.97 Å². The molecular weight excluding hydrogens is 887 g/mol. The predicted octanol–water partition coefficient (Wildman–Crippen LogP) is 19.9. The highest BCUT2D eigenvalue weighted by atomic mass is 16.5. The van der Waals surface area contributed by atoms with Gasteiger partial charge in [-0.1, -0.05) is 274 Å². The summed E-state index contributed by atoms with van der Waals surface area (Å²) in [6, 6.07) is -0.634. The van der Waals surface area contributed by atoms with Gasteiger partial charge in [0.1, 0.15) is 0 Å². The lowest BCUT2D eigenvalue weighted by Gasteiger charge is -2.20. The summed E-state index contributed by atoms with van der Waals surface area (Å²) >= 11 is 0. The van der Waals surface area contributed by atoms with Crippen molar-refractivity contribution in [3.63, 3.8) is 0 Å². The van der Waals surface area contributed by atoms with Crippen molar-refractivity contribution in [1.82, 2.24) is 5.32 Å². The molecule has 0 radical (unpaired) electrons. The summed E-state index contributed by atoms with van der Waals surface area (Å²) in [6.07, 6.45) is 79.7. The molecule has 0 bridgehead atoms. The highest BCUT2D eigenvalue weighted by Crippen LogP contribution is 2.16. The van der Waals surface area contributed by atoms with Crippen molar-refractivity contribution in [2.75, 3.05) is 13.2 Å². The van der Waals surface area contributed by atoms with Gasteiger partial charge in [-0.2, -0.15) is 0 Å². The number of hydrogen-bond donors (Lipinski definition) is 3. The Morgan fingerprint density at radius 2 is 0.694 bits per heavy atom. The maximum Gasteiger partial charge on any atom is 0.305 e. The Labute approximate surface area is 448 Å². The number of unbranched alkanes of at least 4 members (excludes halogenated alkanes) is 39. The van der Waals surface area contributed by atoms with E-state index in [-0.39, 0.29) is 18.5 Å².